The number of hydrogen-bond acceptors (Lipinski definition) is 3. The number of amides is 2. The van der Waals surface area contributed by atoms with Crippen molar-refractivity contribution in [2.45, 2.75) is 6.42 Å². The summed E-state index contributed by atoms with van der Waals surface area (Å²) in [6.45, 7) is 0. The summed E-state index contributed by atoms with van der Waals surface area (Å²) in [6.07, 6.45) is 1.35. The molecule has 16 heavy (non-hydrogen) atoms. The smallest absolute Gasteiger partial charge is 0.245 e. The molecule has 1 aromatic carbocycles. The van der Waals surface area contributed by atoms with Gasteiger partial charge in [-0.3, -0.25) is 9.59 Å². The molecule has 0 fully saturated rings. The molecule has 0 saturated heterocycles. The first-order valence-electron chi connectivity index (χ1n) is 4.63. The van der Waals surface area contributed by atoms with Crippen LogP contribution in [-0.2, 0) is 9.59 Å². The average Bonchev–Trinajstić information content (AvgIpc) is 2.19. The van der Waals surface area contributed by atoms with Crippen LogP contribution in [0.3, 0.4) is 0 Å². The Morgan fingerprint density at radius 2 is 1.69 bits per heavy atom. The molecule has 84 valence electrons. The number of anilines is 1. The van der Waals surface area contributed by atoms with E-state index in [1.807, 2.05) is 0 Å². The fourth-order valence-electron chi connectivity index (χ4n) is 1.19. The maximum absolute atomic E-state index is 11.0. The van der Waals surface area contributed by atoms with Crippen molar-refractivity contribution in [3.05, 3.63) is 35.4 Å². The molecule has 0 atom stereocenters. The van der Waals surface area contributed by atoms with Gasteiger partial charge in [0.05, 0.1) is 6.42 Å². The standard InChI is InChI=1S/C11H13N3O2/c12-9-3-1-7(2-4-9)5-8(11(14)16)6-10(13)15/h1-5H,6,12H2,(H2,13,15)(H2,14,16). The Morgan fingerprint density at radius 1 is 1.12 bits per heavy atom. The van der Waals surface area contributed by atoms with E-state index in [9.17, 15) is 9.59 Å². The molecule has 5 heteroatoms. The Balaban J connectivity index is 2.97. The molecular weight excluding hydrogens is 206 g/mol. The number of primary amides is 2. The molecule has 0 aliphatic rings. The summed E-state index contributed by atoms with van der Waals surface area (Å²) < 4.78 is 0. The highest BCUT2D eigenvalue weighted by Gasteiger charge is 2.08. The van der Waals surface area contributed by atoms with Crippen LogP contribution in [0.15, 0.2) is 29.8 Å². The van der Waals surface area contributed by atoms with E-state index in [1.165, 1.54) is 6.08 Å². The van der Waals surface area contributed by atoms with Crippen molar-refractivity contribution in [3.8, 4) is 0 Å². The fourth-order valence-corrected chi connectivity index (χ4v) is 1.19. The summed E-state index contributed by atoms with van der Waals surface area (Å²) in [5, 5.41) is 0. The molecule has 0 heterocycles. The molecule has 5 nitrogen and oxygen atoms in total. The molecule has 6 N–H and O–H groups in total. The van der Waals surface area contributed by atoms with Crippen LogP contribution in [-0.4, -0.2) is 11.8 Å². The van der Waals surface area contributed by atoms with Gasteiger partial charge in [-0.05, 0) is 23.8 Å². The van der Waals surface area contributed by atoms with Gasteiger partial charge in [-0.25, -0.2) is 0 Å². The van der Waals surface area contributed by atoms with Crippen LogP contribution in [0.4, 0.5) is 5.69 Å². The van der Waals surface area contributed by atoms with Crippen LogP contribution < -0.4 is 17.2 Å². The largest absolute Gasteiger partial charge is 0.399 e. The predicted molar refractivity (Wildman–Crippen MR) is 61.8 cm³/mol. The van der Waals surface area contributed by atoms with E-state index in [0.29, 0.717) is 5.69 Å². The van der Waals surface area contributed by atoms with E-state index < -0.39 is 11.8 Å². The zero-order valence-electron chi connectivity index (χ0n) is 8.64. The van der Waals surface area contributed by atoms with Gasteiger partial charge >= 0.3 is 0 Å². The lowest BCUT2D eigenvalue weighted by molar-refractivity contribution is -0.120. The molecule has 0 aromatic heterocycles. The van der Waals surface area contributed by atoms with Gasteiger partial charge in [0.1, 0.15) is 0 Å². The van der Waals surface area contributed by atoms with E-state index in [2.05, 4.69) is 0 Å². The molecule has 2 amide bonds. The first-order chi connectivity index (χ1) is 7.49. The van der Waals surface area contributed by atoms with Gasteiger partial charge in [0, 0.05) is 11.3 Å². The Bertz CT molecular complexity index is 435. The summed E-state index contributed by atoms with van der Waals surface area (Å²) >= 11 is 0. The number of rotatable bonds is 4. The zero-order chi connectivity index (χ0) is 12.1. The minimum absolute atomic E-state index is 0.167. The summed E-state index contributed by atoms with van der Waals surface area (Å²) in [7, 11) is 0. The number of nitrogen functional groups attached to an aromatic ring is 1. The average molecular weight is 219 g/mol. The summed E-state index contributed by atoms with van der Waals surface area (Å²) in [6, 6.07) is 6.82. The van der Waals surface area contributed by atoms with Crippen molar-refractivity contribution in [2.75, 3.05) is 5.73 Å². The van der Waals surface area contributed by atoms with E-state index in [-0.39, 0.29) is 12.0 Å². The first-order valence-corrected chi connectivity index (χ1v) is 4.63. The Morgan fingerprint density at radius 3 is 2.12 bits per heavy atom. The van der Waals surface area contributed by atoms with Crippen LogP contribution >= 0.6 is 0 Å². The van der Waals surface area contributed by atoms with E-state index in [1.54, 1.807) is 24.3 Å². The molecule has 0 radical (unpaired) electrons. The molecule has 1 rings (SSSR count). The number of carbonyl (C=O) groups excluding carboxylic acids is 2. The first kappa shape index (κ1) is 11.8. The molecular formula is C11H13N3O2. The third-order valence-electron chi connectivity index (χ3n) is 1.96. The third kappa shape index (κ3) is 3.45. The lowest BCUT2D eigenvalue weighted by Crippen LogP contribution is -2.20. The molecule has 0 saturated carbocycles. The second kappa shape index (κ2) is 4.97. The van der Waals surface area contributed by atoms with Crippen LogP contribution in [0.1, 0.15) is 12.0 Å². The highest BCUT2D eigenvalue weighted by molar-refractivity contribution is 6.01. The van der Waals surface area contributed by atoms with Crippen molar-refractivity contribution in [3.63, 3.8) is 0 Å². The Kier molecular flexibility index (Phi) is 3.66. The van der Waals surface area contributed by atoms with Crippen molar-refractivity contribution >= 4 is 23.6 Å². The topological polar surface area (TPSA) is 112 Å². The van der Waals surface area contributed by atoms with Gasteiger partial charge in [0.2, 0.25) is 11.8 Å². The monoisotopic (exact) mass is 219 g/mol. The number of hydrogen-bond donors (Lipinski definition) is 3. The summed E-state index contributed by atoms with van der Waals surface area (Å²) in [5.74, 6) is -1.25. The maximum Gasteiger partial charge on any atom is 0.245 e. The van der Waals surface area contributed by atoms with Crippen molar-refractivity contribution in [2.24, 2.45) is 11.5 Å². The maximum atomic E-state index is 11.0. The summed E-state index contributed by atoms with van der Waals surface area (Å²) in [5.41, 5.74) is 17.2. The number of benzene rings is 1. The molecule has 0 aliphatic heterocycles. The van der Waals surface area contributed by atoms with Gasteiger partial charge < -0.3 is 17.2 Å². The van der Waals surface area contributed by atoms with Gasteiger partial charge in [-0.2, -0.15) is 0 Å². The molecule has 1 aromatic rings. The Hall–Kier alpha value is -2.30. The van der Waals surface area contributed by atoms with Gasteiger partial charge in [-0.15, -0.1) is 0 Å². The highest BCUT2D eigenvalue weighted by Crippen LogP contribution is 2.11. The number of nitrogens with two attached hydrogens (primary N) is 3. The van der Waals surface area contributed by atoms with E-state index in [0.717, 1.165) is 5.56 Å². The predicted octanol–water partition coefficient (Wildman–Crippen LogP) is 0.0129. The lowest BCUT2D eigenvalue weighted by Gasteiger charge is -2.01. The number of carbonyl (C=O) groups is 2. The van der Waals surface area contributed by atoms with Crippen LogP contribution in [0.2, 0.25) is 0 Å². The normalized spacial score (nSPS) is 11.1. The summed E-state index contributed by atoms with van der Waals surface area (Å²) in [4.78, 5) is 21.7. The second-order valence-corrected chi connectivity index (χ2v) is 3.34. The van der Waals surface area contributed by atoms with Gasteiger partial charge in [-0.1, -0.05) is 12.1 Å². The quantitative estimate of drug-likeness (QED) is 0.489. The van der Waals surface area contributed by atoms with E-state index >= 15 is 0 Å². The SMILES string of the molecule is NC(=O)CC(=Cc1ccc(N)cc1)C(N)=O. The van der Waals surface area contributed by atoms with Crippen LogP contribution in [0, 0.1) is 0 Å². The van der Waals surface area contributed by atoms with E-state index in [4.69, 9.17) is 17.2 Å². The van der Waals surface area contributed by atoms with Crippen LogP contribution in [0.25, 0.3) is 6.08 Å². The molecule has 0 spiro atoms. The van der Waals surface area contributed by atoms with Crippen molar-refractivity contribution in [1.29, 1.82) is 0 Å². The highest BCUT2D eigenvalue weighted by atomic mass is 16.2. The third-order valence-corrected chi connectivity index (χ3v) is 1.96. The van der Waals surface area contributed by atoms with Gasteiger partial charge in [0.25, 0.3) is 0 Å². The second-order valence-electron chi connectivity index (χ2n) is 3.34. The fraction of sp³-hybridized carbons (Fsp3) is 0.0909. The molecule has 0 unspecified atom stereocenters. The van der Waals surface area contributed by atoms with Crippen molar-refractivity contribution < 1.29 is 9.59 Å². The minimum atomic E-state index is -0.657. The van der Waals surface area contributed by atoms with Gasteiger partial charge in [0.15, 0.2) is 0 Å². The lowest BCUT2D eigenvalue weighted by atomic mass is 10.1. The molecule has 0 bridgehead atoms. The Labute approximate surface area is 92.9 Å². The minimum Gasteiger partial charge on any atom is -0.399 e. The van der Waals surface area contributed by atoms with Crippen LogP contribution in [0.5, 0.6) is 0 Å². The molecule has 0 aliphatic carbocycles. The van der Waals surface area contributed by atoms with Crippen molar-refractivity contribution in [1.82, 2.24) is 0 Å². The zero-order valence-corrected chi connectivity index (χ0v) is 8.64.